The minimum absolute atomic E-state index is 0.00459. The quantitative estimate of drug-likeness (QED) is 0.644. The Morgan fingerprint density at radius 2 is 1.57 bits per heavy atom. The standard InChI is InChI=1S/C16H31N3O2/c1-3-10-17-15(20)9-11-18-16(21)19-12-14-7-5-13(4-2)6-8-14/h13-14H,3-12H2,1-2H3,(H,17,20)(H2,18,19,21). The second-order valence-corrected chi connectivity index (χ2v) is 6.03. The van der Waals surface area contributed by atoms with Crippen LogP contribution in [-0.2, 0) is 4.79 Å². The van der Waals surface area contributed by atoms with Crippen molar-refractivity contribution in [3.8, 4) is 0 Å². The SMILES string of the molecule is CCCNC(=O)CCNC(=O)NCC1CCC(CC)CC1. The molecule has 0 aromatic heterocycles. The van der Waals surface area contributed by atoms with Gasteiger partial charge in [0.25, 0.3) is 0 Å². The first-order chi connectivity index (χ1) is 10.2. The van der Waals surface area contributed by atoms with Crippen molar-refractivity contribution >= 4 is 11.9 Å². The normalized spacial score (nSPS) is 21.6. The van der Waals surface area contributed by atoms with Gasteiger partial charge in [-0.2, -0.15) is 0 Å². The van der Waals surface area contributed by atoms with Gasteiger partial charge < -0.3 is 16.0 Å². The molecule has 0 heterocycles. The van der Waals surface area contributed by atoms with Crippen molar-refractivity contribution in [1.82, 2.24) is 16.0 Å². The summed E-state index contributed by atoms with van der Waals surface area (Å²) in [5, 5.41) is 8.45. The third-order valence-electron chi connectivity index (χ3n) is 4.30. The molecule has 1 saturated carbocycles. The van der Waals surface area contributed by atoms with Crippen molar-refractivity contribution in [2.45, 2.75) is 58.8 Å². The van der Waals surface area contributed by atoms with Crippen molar-refractivity contribution in [3.05, 3.63) is 0 Å². The van der Waals surface area contributed by atoms with E-state index in [2.05, 4.69) is 22.9 Å². The number of hydrogen-bond donors (Lipinski definition) is 3. The van der Waals surface area contributed by atoms with Crippen molar-refractivity contribution in [2.75, 3.05) is 19.6 Å². The van der Waals surface area contributed by atoms with Gasteiger partial charge in [0.05, 0.1) is 0 Å². The molecule has 1 aliphatic carbocycles. The first-order valence-electron chi connectivity index (χ1n) is 8.44. The number of rotatable bonds is 8. The number of hydrogen-bond acceptors (Lipinski definition) is 2. The monoisotopic (exact) mass is 297 g/mol. The van der Waals surface area contributed by atoms with Gasteiger partial charge in [-0.05, 0) is 31.1 Å². The first kappa shape index (κ1) is 17.8. The van der Waals surface area contributed by atoms with Crippen LogP contribution in [0.4, 0.5) is 4.79 Å². The first-order valence-corrected chi connectivity index (χ1v) is 8.44. The zero-order valence-electron chi connectivity index (χ0n) is 13.5. The van der Waals surface area contributed by atoms with Gasteiger partial charge in [-0.3, -0.25) is 4.79 Å². The van der Waals surface area contributed by atoms with E-state index in [1.54, 1.807) is 0 Å². The highest BCUT2D eigenvalue weighted by Crippen LogP contribution is 2.29. The Morgan fingerprint density at radius 3 is 2.19 bits per heavy atom. The molecule has 1 aliphatic rings. The van der Waals surface area contributed by atoms with Crippen molar-refractivity contribution in [1.29, 1.82) is 0 Å². The number of urea groups is 1. The molecular weight excluding hydrogens is 266 g/mol. The lowest BCUT2D eigenvalue weighted by Crippen LogP contribution is -2.40. The molecule has 0 aromatic rings. The highest BCUT2D eigenvalue weighted by atomic mass is 16.2. The van der Waals surface area contributed by atoms with E-state index >= 15 is 0 Å². The number of nitrogens with one attached hydrogen (secondary N) is 3. The van der Waals surface area contributed by atoms with E-state index in [9.17, 15) is 9.59 Å². The molecule has 5 nitrogen and oxygen atoms in total. The van der Waals surface area contributed by atoms with Crippen molar-refractivity contribution < 1.29 is 9.59 Å². The second-order valence-electron chi connectivity index (χ2n) is 6.03. The van der Waals surface area contributed by atoms with Crippen LogP contribution < -0.4 is 16.0 Å². The van der Waals surface area contributed by atoms with Gasteiger partial charge >= 0.3 is 6.03 Å². The van der Waals surface area contributed by atoms with Gasteiger partial charge in [-0.1, -0.05) is 33.1 Å². The highest BCUT2D eigenvalue weighted by molar-refractivity contribution is 5.78. The summed E-state index contributed by atoms with van der Waals surface area (Å²) < 4.78 is 0. The Kier molecular flexibility index (Phi) is 8.87. The summed E-state index contributed by atoms with van der Waals surface area (Å²) in [6.07, 6.45) is 7.58. The molecule has 0 aliphatic heterocycles. The summed E-state index contributed by atoms with van der Waals surface area (Å²) in [4.78, 5) is 23.0. The molecule has 0 unspecified atom stereocenters. The molecule has 5 heteroatoms. The minimum atomic E-state index is -0.157. The molecule has 3 amide bonds. The minimum Gasteiger partial charge on any atom is -0.356 e. The summed E-state index contributed by atoms with van der Waals surface area (Å²) in [5.41, 5.74) is 0. The van der Waals surface area contributed by atoms with Crippen LogP contribution in [0.3, 0.4) is 0 Å². The predicted octanol–water partition coefficient (Wildman–Crippen LogP) is 2.42. The maximum Gasteiger partial charge on any atom is 0.314 e. The third-order valence-corrected chi connectivity index (χ3v) is 4.30. The van der Waals surface area contributed by atoms with E-state index in [0.29, 0.717) is 25.4 Å². The Hall–Kier alpha value is -1.26. The third kappa shape index (κ3) is 7.93. The average molecular weight is 297 g/mol. The summed E-state index contributed by atoms with van der Waals surface area (Å²) in [7, 11) is 0. The molecule has 0 saturated heterocycles. The van der Waals surface area contributed by atoms with Gasteiger partial charge in [0.15, 0.2) is 0 Å². The molecule has 1 rings (SSSR count). The zero-order valence-corrected chi connectivity index (χ0v) is 13.5. The lowest BCUT2D eigenvalue weighted by Gasteiger charge is -2.27. The van der Waals surface area contributed by atoms with Crippen LogP contribution in [0.1, 0.15) is 58.8 Å². The Bertz CT molecular complexity index is 313. The Labute approximate surface area is 128 Å². The molecule has 0 atom stereocenters. The number of carbonyl (C=O) groups excluding carboxylic acids is 2. The number of amides is 3. The lowest BCUT2D eigenvalue weighted by molar-refractivity contribution is -0.120. The fraction of sp³-hybridized carbons (Fsp3) is 0.875. The van der Waals surface area contributed by atoms with Gasteiger partial charge in [-0.25, -0.2) is 4.79 Å². The smallest absolute Gasteiger partial charge is 0.314 e. The van der Waals surface area contributed by atoms with Crippen molar-refractivity contribution in [3.63, 3.8) is 0 Å². The van der Waals surface area contributed by atoms with Gasteiger partial charge in [-0.15, -0.1) is 0 Å². The Morgan fingerprint density at radius 1 is 0.905 bits per heavy atom. The summed E-state index contributed by atoms with van der Waals surface area (Å²) in [6.45, 7) is 6.12. The van der Waals surface area contributed by atoms with E-state index in [1.165, 1.54) is 32.1 Å². The maximum atomic E-state index is 11.6. The zero-order chi connectivity index (χ0) is 15.5. The molecular formula is C16H31N3O2. The van der Waals surface area contributed by atoms with Crippen LogP contribution in [0, 0.1) is 11.8 Å². The van der Waals surface area contributed by atoms with E-state index < -0.39 is 0 Å². The van der Waals surface area contributed by atoms with Crippen LogP contribution >= 0.6 is 0 Å². The van der Waals surface area contributed by atoms with Gasteiger partial charge in [0.1, 0.15) is 0 Å². The van der Waals surface area contributed by atoms with Crippen LogP contribution in [0.2, 0.25) is 0 Å². The van der Waals surface area contributed by atoms with E-state index in [-0.39, 0.29) is 11.9 Å². The number of carbonyl (C=O) groups is 2. The molecule has 0 radical (unpaired) electrons. The van der Waals surface area contributed by atoms with E-state index in [4.69, 9.17) is 0 Å². The van der Waals surface area contributed by atoms with Gasteiger partial charge in [0, 0.05) is 26.1 Å². The van der Waals surface area contributed by atoms with Crippen LogP contribution in [0.25, 0.3) is 0 Å². The summed E-state index contributed by atoms with van der Waals surface area (Å²) in [5.74, 6) is 1.50. The second kappa shape index (κ2) is 10.5. The largest absolute Gasteiger partial charge is 0.356 e. The molecule has 0 aromatic carbocycles. The molecule has 0 spiro atoms. The van der Waals surface area contributed by atoms with Gasteiger partial charge in [0.2, 0.25) is 5.91 Å². The fourth-order valence-corrected chi connectivity index (χ4v) is 2.79. The van der Waals surface area contributed by atoms with Crippen LogP contribution in [0.5, 0.6) is 0 Å². The predicted molar refractivity (Wildman–Crippen MR) is 85.1 cm³/mol. The molecule has 122 valence electrons. The average Bonchev–Trinajstić information content (AvgIpc) is 2.51. The highest BCUT2D eigenvalue weighted by Gasteiger charge is 2.20. The van der Waals surface area contributed by atoms with E-state index in [1.807, 2.05) is 6.92 Å². The topological polar surface area (TPSA) is 70.2 Å². The molecule has 1 fully saturated rings. The van der Waals surface area contributed by atoms with Crippen LogP contribution in [0.15, 0.2) is 0 Å². The summed E-state index contributed by atoms with van der Waals surface area (Å²) in [6, 6.07) is -0.157. The maximum absolute atomic E-state index is 11.6. The Balaban J connectivity index is 2.02. The fourth-order valence-electron chi connectivity index (χ4n) is 2.79. The van der Waals surface area contributed by atoms with E-state index in [0.717, 1.165) is 18.9 Å². The molecule has 3 N–H and O–H groups in total. The summed E-state index contributed by atoms with van der Waals surface area (Å²) >= 11 is 0. The van der Waals surface area contributed by atoms with Crippen molar-refractivity contribution in [2.24, 2.45) is 11.8 Å². The lowest BCUT2D eigenvalue weighted by atomic mass is 9.81. The van der Waals surface area contributed by atoms with Crippen LogP contribution in [-0.4, -0.2) is 31.6 Å². The molecule has 0 bridgehead atoms. The molecule has 21 heavy (non-hydrogen) atoms.